The van der Waals surface area contributed by atoms with Crippen LogP contribution in [-0.4, -0.2) is 16.8 Å². The van der Waals surface area contributed by atoms with Gasteiger partial charge >= 0.3 is 0 Å². The average molecular weight is 165 g/mol. The Morgan fingerprint density at radius 3 is 2.92 bits per heavy atom. The molecule has 3 nitrogen and oxygen atoms in total. The maximum Gasteiger partial charge on any atom is 0.124 e. The molecule has 0 amide bonds. The number of nitrogens with one attached hydrogen (secondary N) is 1. The number of hydrogen-bond acceptors (Lipinski definition) is 3. The van der Waals surface area contributed by atoms with Crippen LogP contribution in [0.5, 0.6) is 11.5 Å². The van der Waals surface area contributed by atoms with Gasteiger partial charge in [0, 0.05) is 18.2 Å². The smallest absolute Gasteiger partial charge is 0.124 e. The molecular weight excluding hydrogens is 154 g/mol. The summed E-state index contributed by atoms with van der Waals surface area (Å²) in [6.07, 6.45) is 0.872. The summed E-state index contributed by atoms with van der Waals surface area (Å²) < 4.78 is 0. The molecule has 0 bridgehead atoms. The van der Waals surface area contributed by atoms with Crippen LogP contribution in [0.15, 0.2) is 12.1 Å². The summed E-state index contributed by atoms with van der Waals surface area (Å²) >= 11 is 0. The monoisotopic (exact) mass is 165 g/mol. The van der Waals surface area contributed by atoms with Crippen molar-refractivity contribution < 1.29 is 10.2 Å². The number of rotatable bonds is 0. The van der Waals surface area contributed by atoms with Crippen LogP contribution in [0.4, 0.5) is 0 Å². The number of phenolic OH excluding ortho intramolecular Hbond substituents is 2. The first kappa shape index (κ1) is 7.43. The molecule has 0 saturated carbocycles. The van der Waals surface area contributed by atoms with E-state index in [9.17, 15) is 10.2 Å². The van der Waals surface area contributed by atoms with Crippen LogP contribution in [-0.2, 0) is 13.0 Å². The average Bonchev–Trinajstić information content (AvgIpc) is 2.04. The molecule has 3 heteroatoms. The van der Waals surface area contributed by atoms with Crippen molar-refractivity contribution in [2.45, 2.75) is 13.0 Å². The third-order valence-electron chi connectivity index (χ3n) is 2.18. The van der Waals surface area contributed by atoms with Crippen molar-refractivity contribution in [3.63, 3.8) is 0 Å². The van der Waals surface area contributed by atoms with Crippen molar-refractivity contribution in [2.75, 3.05) is 6.54 Å². The maximum absolute atomic E-state index is 9.44. The lowest BCUT2D eigenvalue weighted by molar-refractivity contribution is 0.438. The highest BCUT2D eigenvalue weighted by Crippen LogP contribution is 2.28. The van der Waals surface area contributed by atoms with E-state index in [2.05, 4.69) is 5.32 Å². The van der Waals surface area contributed by atoms with E-state index >= 15 is 0 Å². The highest BCUT2D eigenvalue weighted by Gasteiger charge is 2.13. The van der Waals surface area contributed by atoms with Crippen molar-refractivity contribution in [3.05, 3.63) is 23.3 Å². The molecule has 1 aliphatic rings. The minimum atomic E-state index is 0.146. The van der Waals surface area contributed by atoms with Gasteiger partial charge in [0.2, 0.25) is 0 Å². The van der Waals surface area contributed by atoms with Crippen molar-refractivity contribution in [3.8, 4) is 11.5 Å². The Kier molecular flexibility index (Phi) is 1.66. The normalized spacial score (nSPS) is 15.7. The van der Waals surface area contributed by atoms with Gasteiger partial charge in [-0.2, -0.15) is 0 Å². The standard InChI is InChI=1S/C9H11NO2/c11-7-3-6-1-2-10-5-8(6)9(12)4-7/h3-4,10-12H,1-2,5H2. The molecule has 3 N–H and O–H groups in total. The summed E-state index contributed by atoms with van der Waals surface area (Å²) in [7, 11) is 0. The first-order valence-corrected chi connectivity index (χ1v) is 4.02. The predicted octanol–water partition coefficient (Wildman–Crippen LogP) is 0.743. The van der Waals surface area contributed by atoms with Crippen LogP contribution in [0.1, 0.15) is 11.1 Å². The molecule has 1 heterocycles. The third kappa shape index (κ3) is 1.12. The van der Waals surface area contributed by atoms with Crippen molar-refractivity contribution in [1.82, 2.24) is 5.32 Å². The Bertz CT molecular complexity index is 310. The molecule has 0 saturated heterocycles. The lowest BCUT2D eigenvalue weighted by atomic mass is 10.00. The Morgan fingerprint density at radius 1 is 1.25 bits per heavy atom. The minimum absolute atomic E-state index is 0.146. The number of phenols is 2. The predicted molar refractivity (Wildman–Crippen MR) is 45.2 cm³/mol. The number of hydrogen-bond donors (Lipinski definition) is 3. The van der Waals surface area contributed by atoms with E-state index in [-0.39, 0.29) is 11.5 Å². The summed E-state index contributed by atoms with van der Waals surface area (Å²) in [5.41, 5.74) is 1.96. The minimum Gasteiger partial charge on any atom is -0.508 e. The third-order valence-corrected chi connectivity index (χ3v) is 2.18. The Labute approximate surface area is 70.7 Å². The van der Waals surface area contributed by atoms with Crippen molar-refractivity contribution in [1.29, 1.82) is 0 Å². The molecule has 1 aliphatic heterocycles. The molecular formula is C9H11NO2. The second-order valence-electron chi connectivity index (χ2n) is 3.03. The Balaban J connectivity index is 2.53. The summed E-state index contributed by atoms with van der Waals surface area (Å²) in [5, 5.41) is 21.8. The zero-order chi connectivity index (χ0) is 8.55. The van der Waals surface area contributed by atoms with Crippen LogP contribution >= 0.6 is 0 Å². The zero-order valence-electron chi connectivity index (χ0n) is 6.67. The van der Waals surface area contributed by atoms with Gasteiger partial charge in [0.25, 0.3) is 0 Å². The van der Waals surface area contributed by atoms with Gasteiger partial charge in [-0.25, -0.2) is 0 Å². The molecule has 1 aromatic rings. The fourth-order valence-corrected chi connectivity index (χ4v) is 1.56. The number of benzene rings is 1. The SMILES string of the molecule is Oc1cc(O)c2c(c1)CCNC2. The lowest BCUT2D eigenvalue weighted by Crippen LogP contribution is -2.23. The van der Waals surface area contributed by atoms with Gasteiger partial charge in [0.15, 0.2) is 0 Å². The Morgan fingerprint density at radius 2 is 2.08 bits per heavy atom. The largest absolute Gasteiger partial charge is 0.508 e. The topological polar surface area (TPSA) is 52.5 Å². The maximum atomic E-state index is 9.44. The molecule has 2 rings (SSSR count). The second kappa shape index (κ2) is 2.68. The van der Waals surface area contributed by atoms with Crippen molar-refractivity contribution >= 4 is 0 Å². The van der Waals surface area contributed by atoms with E-state index in [1.54, 1.807) is 6.07 Å². The van der Waals surface area contributed by atoms with Gasteiger partial charge in [0.1, 0.15) is 11.5 Å². The first-order valence-electron chi connectivity index (χ1n) is 4.02. The van der Waals surface area contributed by atoms with E-state index in [4.69, 9.17) is 0 Å². The van der Waals surface area contributed by atoms with Gasteiger partial charge in [-0.1, -0.05) is 0 Å². The van der Waals surface area contributed by atoms with Gasteiger partial charge in [-0.15, -0.1) is 0 Å². The second-order valence-corrected chi connectivity index (χ2v) is 3.03. The summed E-state index contributed by atoms with van der Waals surface area (Å²) in [6.45, 7) is 1.61. The van der Waals surface area contributed by atoms with E-state index in [0.29, 0.717) is 6.54 Å². The summed E-state index contributed by atoms with van der Waals surface area (Å²) in [6, 6.07) is 3.10. The van der Waals surface area contributed by atoms with E-state index in [1.165, 1.54) is 6.07 Å². The molecule has 0 fully saturated rings. The van der Waals surface area contributed by atoms with Crippen LogP contribution in [0.25, 0.3) is 0 Å². The quantitative estimate of drug-likeness (QED) is 0.531. The fraction of sp³-hybridized carbons (Fsp3) is 0.333. The summed E-state index contributed by atoms with van der Waals surface area (Å²) in [5.74, 6) is 0.338. The van der Waals surface area contributed by atoms with Crippen LogP contribution in [0.2, 0.25) is 0 Å². The molecule has 64 valence electrons. The highest BCUT2D eigenvalue weighted by atomic mass is 16.3. The molecule has 0 aromatic heterocycles. The van der Waals surface area contributed by atoms with Gasteiger partial charge in [0.05, 0.1) is 0 Å². The molecule has 0 unspecified atom stereocenters. The zero-order valence-corrected chi connectivity index (χ0v) is 6.67. The molecule has 0 spiro atoms. The van der Waals surface area contributed by atoms with Crippen LogP contribution < -0.4 is 5.32 Å². The molecule has 0 radical (unpaired) electrons. The molecule has 1 aromatic carbocycles. The highest BCUT2D eigenvalue weighted by molar-refractivity contribution is 5.46. The van der Waals surface area contributed by atoms with Gasteiger partial charge < -0.3 is 15.5 Å². The first-order chi connectivity index (χ1) is 5.77. The van der Waals surface area contributed by atoms with Crippen LogP contribution in [0, 0.1) is 0 Å². The Hall–Kier alpha value is -1.22. The van der Waals surface area contributed by atoms with Crippen molar-refractivity contribution in [2.24, 2.45) is 0 Å². The summed E-state index contributed by atoms with van der Waals surface area (Å²) in [4.78, 5) is 0. The molecule has 0 aliphatic carbocycles. The molecule has 0 atom stereocenters. The molecule has 12 heavy (non-hydrogen) atoms. The van der Waals surface area contributed by atoms with E-state index < -0.39 is 0 Å². The van der Waals surface area contributed by atoms with E-state index in [1.807, 2.05) is 0 Å². The van der Waals surface area contributed by atoms with Gasteiger partial charge in [-0.3, -0.25) is 0 Å². The lowest BCUT2D eigenvalue weighted by Gasteiger charge is -2.18. The van der Waals surface area contributed by atoms with Crippen LogP contribution in [0.3, 0.4) is 0 Å². The van der Waals surface area contributed by atoms with Gasteiger partial charge in [-0.05, 0) is 24.6 Å². The number of fused-ring (bicyclic) bond motifs is 1. The fourth-order valence-electron chi connectivity index (χ4n) is 1.56. The van der Waals surface area contributed by atoms with E-state index in [0.717, 1.165) is 24.1 Å². The number of aromatic hydroxyl groups is 2.